The molecule has 8 nitrogen and oxygen atoms in total. The van der Waals surface area contributed by atoms with E-state index in [9.17, 15) is 9.90 Å². The minimum atomic E-state index is -0.515. The third kappa shape index (κ3) is 2.31. The number of aliphatic hydroxyl groups is 1. The molecule has 0 radical (unpaired) electrons. The fraction of sp³-hybridized carbons (Fsp3) is 0.481. The van der Waals surface area contributed by atoms with Crippen molar-refractivity contribution in [3.63, 3.8) is 0 Å². The number of rotatable bonds is 3. The van der Waals surface area contributed by atoms with Crippen molar-refractivity contribution in [2.45, 2.75) is 56.6 Å². The summed E-state index contributed by atoms with van der Waals surface area (Å²) >= 11 is 0. The van der Waals surface area contributed by atoms with Gasteiger partial charge in [0, 0.05) is 29.7 Å². The van der Waals surface area contributed by atoms with E-state index < -0.39 is 5.60 Å². The van der Waals surface area contributed by atoms with E-state index >= 15 is 0 Å². The fourth-order valence-electron chi connectivity index (χ4n) is 8.71. The molecule has 4 aromatic rings. The van der Waals surface area contributed by atoms with Crippen LogP contribution >= 0.6 is 0 Å². The number of anilines is 2. The highest BCUT2D eigenvalue weighted by molar-refractivity contribution is 5.85. The Morgan fingerprint density at radius 1 is 1.14 bits per heavy atom. The highest BCUT2D eigenvalue weighted by Gasteiger charge is 2.78. The van der Waals surface area contributed by atoms with Crippen molar-refractivity contribution in [3.05, 3.63) is 52.7 Å². The van der Waals surface area contributed by atoms with Gasteiger partial charge in [0.15, 0.2) is 5.65 Å². The average molecular weight is 469 g/mol. The quantitative estimate of drug-likeness (QED) is 0.475. The van der Waals surface area contributed by atoms with E-state index in [1.54, 1.807) is 17.0 Å². The van der Waals surface area contributed by atoms with Crippen LogP contribution in [0.25, 0.3) is 22.1 Å². The largest absolute Gasteiger partial charge is 0.389 e. The van der Waals surface area contributed by atoms with Crippen LogP contribution in [0.5, 0.6) is 0 Å². The second-order valence-electron chi connectivity index (χ2n) is 11.7. The Bertz CT molecular complexity index is 1640. The normalized spacial score (nSPS) is 34.5. The first kappa shape index (κ1) is 20.0. The van der Waals surface area contributed by atoms with Gasteiger partial charge in [0.05, 0.1) is 22.9 Å². The molecule has 4 fully saturated rings. The van der Waals surface area contributed by atoms with E-state index in [1.807, 2.05) is 30.7 Å². The lowest BCUT2D eigenvalue weighted by molar-refractivity contribution is -0.177. The molecule has 0 amide bonds. The van der Waals surface area contributed by atoms with Gasteiger partial charge in [0.1, 0.15) is 5.52 Å². The van der Waals surface area contributed by atoms with Crippen LogP contribution < -0.4 is 11.0 Å². The van der Waals surface area contributed by atoms with Crippen molar-refractivity contribution in [1.29, 1.82) is 0 Å². The Kier molecular flexibility index (Phi) is 3.49. The number of hydrogen-bond acceptors (Lipinski definition) is 6. The maximum Gasteiger partial charge on any atom is 0.330 e. The first-order chi connectivity index (χ1) is 16.8. The first-order valence-corrected chi connectivity index (χ1v) is 12.6. The lowest BCUT2D eigenvalue weighted by Gasteiger charge is -2.55. The van der Waals surface area contributed by atoms with E-state index in [1.165, 1.54) is 0 Å². The summed E-state index contributed by atoms with van der Waals surface area (Å²) in [6.07, 6.45) is 9.27. The molecule has 4 saturated carbocycles. The van der Waals surface area contributed by atoms with Gasteiger partial charge < -0.3 is 10.4 Å². The topological polar surface area (TPSA) is 97.9 Å². The van der Waals surface area contributed by atoms with Gasteiger partial charge in [-0.25, -0.2) is 9.78 Å². The molecule has 5 atom stereocenters. The highest BCUT2D eigenvalue weighted by Crippen LogP contribution is 2.79. The molecule has 3 bridgehead atoms. The van der Waals surface area contributed by atoms with Crippen molar-refractivity contribution in [3.8, 4) is 0 Å². The van der Waals surface area contributed by atoms with Crippen LogP contribution in [0.3, 0.4) is 0 Å². The van der Waals surface area contributed by atoms with Crippen LogP contribution in [-0.4, -0.2) is 34.8 Å². The monoisotopic (exact) mass is 468 g/mol. The number of imidazole rings is 1. The molecule has 3 heterocycles. The summed E-state index contributed by atoms with van der Waals surface area (Å²) in [6, 6.07) is 8.09. The molecule has 2 N–H and O–H groups in total. The third-order valence-electron chi connectivity index (χ3n) is 9.98. The molecule has 1 aromatic carbocycles. The summed E-state index contributed by atoms with van der Waals surface area (Å²) in [5.41, 5.74) is 3.57. The standard InChI is InChI=1S/C27H28N6O2/c1-15-6-20-17(4-3-5-28-20)7-19(15)30-23-29-13-21-22(31-23)33(24(34)32(21)2)25-8-16-9-26(14-25)18(11-25)12-27(26,35)10-16/h3-7,13,16,18,35H,8-12,14H2,1-2H3,(H,29,30,31). The summed E-state index contributed by atoms with van der Waals surface area (Å²) in [5.74, 6) is 1.47. The zero-order chi connectivity index (χ0) is 23.7. The summed E-state index contributed by atoms with van der Waals surface area (Å²) in [7, 11) is 1.81. The number of nitrogens with one attached hydrogen (secondary N) is 1. The van der Waals surface area contributed by atoms with Crippen LogP contribution in [0, 0.1) is 24.2 Å². The fourth-order valence-corrected chi connectivity index (χ4v) is 8.71. The SMILES string of the molecule is Cc1cc2ncccc2cc1Nc1ncc2c(n1)n(C13CC4CC5(O)CC(C1)C5(C4)C3)c(=O)n2C. The summed E-state index contributed by atoms with van der Waals surface area (Å²) < 4.78 is 3.66. The van der Waals surface area contributed by atoms with E-state index in [2.05, 4.69) is 27.4 Å². The number of nitrogens with zero attached hydrogens (tertiary/aromatic N) is 5. The maximum absolute atomic E-state index is 13.6. The second-order valence-corrected chi connectivity index (χ2v) is 11.7. The zero-order valence-corrected chi connectivity index (χ0v) is 20.0. The minimum absolute atomic E-state index is 0.00186. The molecule has 8 rings (SSSR count). The second kappa shape index (κ2) is 6.10. The van der Waals surface area contributed by atoms with E-state index in [0.29, 0.717) is 23.4 Å². The highest BCUT2D eigenvalue weighted by atomic mass is 16.3. The number of fused-ring (bicyclic) bond motifs is 4. The molecule has 5 unspecified atom stereocenters. The van der Waals surface area contributed by atoms with Gasteiger partial charge in [-0.05, 0) is 81.0 Å². The molecule has 35 heavy (non-hydrogen) atoms. The maximum atomic E-state index is 13.6. The number of hydrogen-bond donors (Lipinski definition) is 2. The van der Waals surface area contributed by atoms with E-state index in [4.69, 9.17) is 4.98 Å². The van der Waals surface area contributed by atoms with Gasteiger partial charge in [0.2, 0.25) is 5.95 Å². The van der Waals surface area contributed by atoms with Gasteiger partial charge in [-0.2, -0.15) is 4.98 Å². The molecule has 0 aliphatic heterocycles. The smallest absolute Gasteiger partial charge is 0.330 e. The summed E-state index contributed by atoms with van der Waals surface area (Å²) in [4.78, 5) is 27.6. The lowest BCUT2D eigenvalue weighted by Crippen LogP contribution is -2.57. The van der Waals surface area contributed by atoms with Crippen molar-refractivity contribution in [1.82, 2.24) is 24.1 Å². The van der Waals surface area contributed by atoms with Gasteiger partial charge in [-0.3, -0.25) is 14.1 Å². The van der Waals surface area contributed by atoms with Crippen LogP contribution in [-0.2, 0) is 12.6 Å². The Balaban J connectivity index is 1.26. The Morgan fingerprint density at radius 2 is 2.03 bits per heavy atom. The Labute approximate surface area is 202 Å². The van der Waals surface area contributed by atoms with Gasteiger partial charge in [0.25, 0.3) is 0 Å². The van der Waals surface area contributed by atoms with Crippen LogP contribution in [0.4, 0.5) is 11.6 Å². The van der Waals surface area contributed by atoms with E-state index in [0.717, 1.165) is 66.2 Å². The Hall–Kier alpha value is -3.26. The van der Waals surface area contributed by atoms with Crippen LogP contribution in [0.2, 0.25) is 0 Å². The number of pyridine rings is 1. The van der Waals surface area contributed by atoms with Crippen molar-refractivity contribution in [2.24, 2.45) is 24.3 Å². The van der Waals surface area contributed by atoms with Crippen LogP contribution in [0.1, 0.15) is 44.1 Å². The molecule has 4 aliphatic carbocycles. The molecule has 178 valence electrons. The first-order valence-electron chi connectivity index (χ1n) is 12.6. The predicted molar refractivity (Wildman–Crippen MR) is 133 cm³/mol. The van der Waals surface area contributed by atoms with Gasteiger partial charge in [-0.15, -0.1) is 0 Å². The molecule has 4 aliphatic rings. The molecular formula is C27H28N6O2. The van der Waals surface area contributed by atoms with Crippen molar-refractivity contribution >= 4 is 33.7 Å². The summed E-state index contributed by atoms with van der Waals surface area (Å²) in [5, 5.41) is 15.8. The third-order valence-corrected chi connectivity index (χ3v) is 9.98. The molecule has 3 aromatic heterocycles. The Morgan fingerprint density at radius 3 is 2.91 bits per heavy atom. The van der Waals surface area contributed by atoms with Gasteiger partial charge >= 0.3 is 5.69 Å². The number of aryl methyl sites for hydroxylation is 2. The van der Waals surface area contributed by atoms with E-state index in [-0.39, 0.29) is 16.6 Å². The average Bonchev–Trinajstić information content (AvgIpc) is 3.26. The minimum Gasteiger partial charge on any atom is -0.389 e. The molecular weight excluding hydrogens is 440 g/mol. The van der Waals surface area contributed by atoms with Gasteiger partial charge in [-0.1, -0.05) is 6.07 Å². The lowest BCUT2D eigenvalue weighted by atomic mass is 9.53. The van der Waals surface area contributed by atoms with Crippen molar-refractivity contribution in [2.75, 3.05) is 5.32 Å². The predicted octanol–water partition coefficient (Wildman–Crippen LogP) is 3.77. The molecule has 8 heteroatoms. The zero-order valence-electron chi connectivity index (χ0n) is 20.0. The molecule has 1 spiro atoms. The number of benzene rings is 1. The number of aromatic nitrogens is 5. The summed E-state index contributed by atoms with van der Waals surface area (Å²) in [6.45, 7) is 2.04. The molecule has 0 saturated heterocycles. The van der Waals surface area contributed by atoms with Crippen LogP contribution in [0.15, 0.2) is 41.5 Å². The van der Waals surface area contributed by atoms with Crippen molar-refractivity contribution < 1.29 is 5.11 Å².